The van der Waals surface area contributed by atoms with Crippen molar-refractivity contribution in [3.8, 4) is 0 Å². The van der Waals surface area contributed by atoms with Crippen molar-refractivity contribution >= 4 is 41.0 Å². The first-order chi connectivity index (χ1) is 17.2. The van der Waals surface area contributed by atoms with Gasteiger partial charge in [0.1, 0.15) is 0 Å². The zero-order valence-corrected chi connectivity index (χ0v) is 20.3. The van der Waals surface area contributed by atoms with Crippen molar-refractivity contribution in [1.82, 2.24) is 4.90 Å². The quantitative estimate of drug-likeness (QED) is 0.589. The molecule has 10 nitrogen and oxygen atoms in total. The van der Waals surface area contributed by atoms with Crippen molar-refractivity contribution in [2.75, 3.05) is 23.4 Å². The van der Waals surface area contributed by atoms with E-state index in [1.165, 1.54) is 34.1 Å². The monoisotopic (exact) mass is 493 g/mol. The minimum absolute atomic E-state index is 0.0545. The van der Waals surface area contributed by atoms with E-state index < -0.39 is 36.2 Å². The molecule has 0 bridgehead atoms. The Morgan fingerprint density at radius 3 is 2.39 bits per heavy atom. The third kappa shape index (κ3) is 4.19. The van der Waals surface area contributed by atoms with Crippen molar-refractivity contribution in [3.05, 3.63) is 59.7 Å². The van der Waals surface area contributed by atoms with Crippen molar-refractivity contribution in [1.29, 1.82) is 0 Å². The minimum Gasteiger partial charge on any atom is -0.462 e. The van der Waals surface area contributed by atoms with E-state index in [1.54, 1.807) is 45.0 Å². The summed E-state index contributed by atoms with van der Waals surface area (Å²) in [6, 6.07) is 12.3. The lowest BCUT2D eigenvalue weighted by Crippen LogP contribution is -2.70. The van der Waals surface area contributed by atoms with Crippen LogP contribution in [-0.4, -0.2) is 59.5 Å². The SMILES string of the molecule is CCOC(=O)c1ccc(NC(=O)COC(=O)C23CCC(=O)N2c2ccccc2C(=O)N3C(C)C)cc1. The number of fused-ring (bicyclic) bond motifs is 3. The zero-order valence-electron chi connectivity index (χ0n) is 20.3. The lowest BCUT2D eigenvalue weighted by Gasteiger charge is -2.50. The highest BCUT2D eigenvalue weighted by atomic mass is 16.5. The van der Waals surface area contributed by atoms with Gasteiger partial charge < -0.3 is 19.7 Å². The molecule has 0 saturated carbocycles. The summed E-state index contributed by atoms with van der Waals surface area (Å²) in [5, 5.41) is 2.59. The molecule has 1 fully saturated rings. The smallest absolute Gasteiger partial charge is 0.354 e. The molecule has 1 atom stereocenters. The summed E-state index contributed by atoms with van der Waals surface area (Å²) >= 11 is 0. The van der Waals surface area contributed by atoms with Crippen LogP contribution in [0, 0.1) is 0 Å². The molecule has 2 aliphatic rings. The Bertz CT molecular complexity index is 1220. The van der Waals surface area contributed by atoms with E-state index in [2.05, 4.69) is 5.32 Å². The van der Waals surface area contributed by atoms with Crippen LogP contribution >= 0.6 is 0 Å². The average molecular weight is 494 g/mol. The third-order valence-corrected chi connectivity index (χ3v) is 6.16. The molecule has 0 spiro atoms. The number of para-hydroxylation sites is 1. The lowest BCUT2D eigenvalue weighted by atomic mass is 9.95. The highest BCUT2D eigenvalue weighted by molar-refractivity contribution is 6.15. The van der Waals surface area contributed by atoms with Gasteiger partial charge in [0.15, 0.2) is 6.61 Å². The minimum atomic E-state index is -1.67. The van der Waals surface area contributed by atoms with Gasteiger partial charge in [0.25, 0.3) is 11.8 Å². The highest BCUT2D eigenvalue weighted by Crippen LogP contribution is 2.45. The van der Waals surface area contributed by atoms with Crippen LogP contribution in [0.1, 0.15) is 54.3 Å². The molecule has 0 radical (unpaired) electrons. The Labute approximate surface area is 208 Å². The maximum absolute atomic E-state index is 13.5. The number of ether oxygens (including phenoxy) is 2. The van der Waals surface area contributed by atoms with Gasteiger partial charge in [-0.3, -0.25) is 19.3 Å². The molecule has 1 saturated heterocycles. The predicted molar refractivity (Wildman–Crippen MR) is 129 cm³/mol. The number of nitrogens with zero attached hydrogens (tertiary/aromatic N) is 2. The number of esters is 2. The summed E-state index contributed by atoms with van der Waals surface area (Å²) < 4.78 is 10.3. The molecule has 2 aliphatic heterocycles. The standard InChI is InChI=1S/C26H27N3O7/c1-4-35-24(33)17-9-11-18(12-10-17)27-21(30)15-36-25(34)26-14-13-22(31)29(26)20-8-6-5-7-19(20)23(32)28(26)16(2)3/h5-12,16H,4,13-15H2,1-3H3,(H,27,30). The summed E-state index contributed by atoms with van der Waals surface area (Å²) in [5.41, 5.74) is -0.259. The molecule has 0 aromatic heterocycles. The zero-order chi connectivity index (χ0) is 26.0. The second-order valence-corrected chi connectivity index (χ2v) is 8.75. The number of benzene rings is 2. The maximum atomic E-state index is 13.5. The van der Waals surface area contributed by atoms with Crippen LogP contribution in [0.25, 0.3) is 0 Å². The van der Waals surface area contributed by atoms with Gasteiger partial charge in [0.05, 0.1) is 23.4 Å². The second kappa shape index (κ2) is 9.80. The fourth-order valence-corrected chi connectivity index (χ4v) is 4.72. The van der Waals surface area contributed by atoms with Crippen molar-refractivity contribution < 1.29 is 33.4 Å². The number of carbonyl (C=O) groups excluding carboxylic acids is 5. The third-order valence-electron chi connectivity index (χ3n) is 6.16. The summed E-state index contributed by atoms with van der Waals surface area (Å²) in [7, 11) is 0. The first-order valence-corrected chi connectivity index (χ1v) is 11.7. The largest absolute Gasteiger partial charge is 0.462 e. The van der Waals surface area contributed by atoms with E-state index in [4.69, 9.17) is 9.47 Å². The number of nitrogens with one attached hydrogen (secondary N) is 1. The van der Waals surface area contributed by atoms with Gasteiger partial charge in [-0.15, -0.1) is 0 Å². The molecule has 36 heavy (non-hydrogen) atoms. The summed E-state index contributed by atoms with van der Waals surface area (Å²) in [4.78, 5) is 66.8. The number of carbonyl (C=O) groups is 5. The molecule has 1 unspecified atom stereocenters. The lowest BCUT2D eigenvalue weighted by molar-refractivity contribution is -0.160. The molecule has 2 heterocycles. The predicted octanol–water partition coefficient (Wildman–Crippen LogP) is 2.73. The number of amides is 3. The molecule has 0 aliphatic carbocycles. The molecular weight excluding hydrogens is 466 g/mol. The van der Waals surface area contributed by atoms with Gasteiger partial charge in [-0.05, 0) is 57.2 Å². The van der Waals surface area contributed by atoms with Gasteiger partial charge >= 0.3 is 11.9 Å². The number of anilines is 2. The summed E-state index contributed by atoms with van der Waals surface area (Å²) in [6.07, 6.45) is 0.110. The van der Waals surface area contributed by atoms with E-state index in [-0.39, 0.29) is 31.3 Å². The Morgan fingerprint density at radius 1 is 1.03 bits per heavy atom. The first-order valence-electron chi connectivity index (χ1n) is 11.7. The van der Waals surface area contributed by atoms with Crippen molar-refractivity contribution in [2.45, 2.75) is 45.3 Å². The molecule has 4 rings (SSSR count). The average Bonchev–Trinajstić information content (AvgIpc) is 3.21. The topological polar surface area (TPSA) is 122 Å². The van der Waals surface area contributed by atoms with Gasteiger partial charge in [-0.1, -0.05) is 12.1 Å². The van der Waals surface area contributed by atoms with E-state index in [0.29, 0.717) is 22.5 Å². The Morgan fingerprint density at radius 2 is 1.72 bits per heavy atom. The van der Waals surface area contributed by atoms with Crippen LogP contribution in [0.3, 0.4) is 0 Å². The Kier molecular flexibility index (Phi) is 6.78. The fraction of sp³-hybridized carbons (Fsp3) is 0.346. The normalized spacial score (nSPS) is 18.6. The second-order valence-electron chi connectivity index (χ2n) is 8.75. The van der Waals surface area contributed by atoms with Gasteiger partial charge in [0, 0.05) is 24.6 Å². The maximum Gasteiger partial charge on any atom is 0.354 e. The number of rotatable bonds is 7. The molecule has 2 aromatic carbocycles. The molecule has 3 amide bonds. The first kappa shape index (κ1) is 24.9. The van der Waals surface area contributed by atoms with Crippen LogP contribution in [-0.2, 0) is 23.9 Å². The molecular formula is C26H27N3O7. The molecule has 1 N–H and O–H groups in total. The van der Waals surface area contributed by atoms with Gasteiger partial charge in [0.2, 0.25) is 11.6 Å². The summed E-state index contributed by atoms with van der Waals surface area (Å²) in [6.45, 7) is 4.85. The Balaban J connectivity index is 1.52. The van der Waals surface area contributed by atoms with E-state index in [9.17, 15) is 24.0 Å². The van der Waals surface area contributed by atoms with E-state index in [0.717, 1.165) is 0 Å². The molecule has 2 aromatic rings. The van der Waals surface area contributed by atoms with E-state index >= 15 is 0 Å². The fourth-order valence-electron chi connectivity index (χ4n) is 4.72. The molecule has 188 valence electrons. The number of hydrogen-bond donors (Lipinski definition) is 1. The Hall–Kier alpha value is -4.21. The van der Waals surface area contributed by atoms with E-state index in [1.807, 2.05) is 0 Å². The number of hydrogen-bond acceptors (Lipinski definition) is 7. The van der Waals surface area contributed by atoms with Crippen LogP contribution in [0.2, 0.25) is 0 Å². The van der Waals surface area contributed by atoms with Crippen molar-refractivity contribution in [2.24, 2.45) is 0 Å². The summed E-state index contributed by atoms with van der Waals surface area (Å²) in [5.74, 6) is -2.62. The van der Waals surface area contributed by atoms with Crippen LogP contribution in [0.5, 0.6) is 0 Å². The van der Waals surface area contributed by atoms with Gasteiger partial charge in [-0.2, -0.15) is 0 Å². The van der Waals surface area contributed by atoms with Crippen molar-refractivity contribution in [3.63, 3.8) is 0 Å². The van der Waals surface area contributed by atoms with Crippen LogP contribution in [0.4, 0.5) is 11.4 Å². The highest BCUT2D eigenvalue weighted by Gasteiger charge is 2.62. The molecule has 10 heteroatoms. The van der Waals surface area contributed by atoms with Crippen LogP contribution in [0.15, 0.2) is 48.5 Å². The van der Waals surface area contributed by atoms with Gasteiger partial charge in [-0.25, -0.2) is 9.59 Å². The van der Waals surface area contributed by atoms with Crippen LogP contribution < -0.4 is 10.2 Å².